The van der Waals surface area contributed by atoms with Gasteiger partial charge in [-0.3, -0.25) is 9.69 Å². The average molecular weight is 371 g/mol. The zero-order valence-corrected chi connectivity index (χ0v) is 15.2. The lowest BCUT2D eigenvalue weighted by Gasteiger charge is -2.29. The SMILES string of the molecule is [C-]#[N+]c1ccc(N2C(=O)C(C)(C)N(c3ccc(F)cc3)C2=S)c(F)c1C. The Hall–Kier alpha value is -2.85. The summed E-state index contributed by atoms with van der Waals surface area (Å²) in [6.45, 7) is 11.9. The first-order valence-corrected chi connectivity index (χ1v) is 8.22. The van der Waals surface area contributed by atoms with Crippen molar-refractivity contribution >= 4 is 40.3 Å². The van der Waals surface area contributed by atoms with Crippen molar-refractivity contribution in [1.82, 2.24) is 0 Å². The summed E-state index contributed by atoms with van der Waals surface area (Å²) >= 11 is 5.46. The maximum atomic E-state index is 14.8. The van der Waals surface area contributed by atoms with Gasteiger partial charge in [-0.1, -0.05) is 6.07 Å². The summed E-state index contributed by atoms with van der Waals surface area (Å²) in [6.07, 6.45) is 0. The molecule has 0 spiro atoms. The van der Waals surface area contributed by atoms with Gasteiger partial charge in [0.2, 0.25) is 0 Å². The molecule has 0 radical (unpaired) electrons. The van der Waals surface area contributed by atoms with Gasteiger partial charge in [-0.15, -0.1) is 0 Å². The first-order valence-electron chi connectivity index (χ1n) is 7.81. The van der Waals surface area contributed by atoms with Gasteiger partial charge in [-0.25, -0.2) is 13.6 Å². The Balaban J connectivity index is 2.13. The normalized spacial score (nSPS) is 16.2. The Labute approximate surface area is 155 Å². The van der Waals surface area contributed by atoms with Crippen molar-refractivity contribution in [2.45, 2.75) is 26.3 Å². The zero-order valence-electron chi connectivity index (χ0n) is 14.4. The molecule has 1 saturated heterocycles. The fourth-order valence-corrected chi connectivity index (χ4v) is 3.50. The van der Waals surface area contributed by atoms with E-state index < -0.39 is 23.1 Å². The third-order valence-electron chi connectivity index (χ3n) is 4.45. The van der Waals surface area contributed by atoms with E-state index in [1.807, 2.05) is 0 Å². The van der Waals surface area contributed by atoms with Crippen molar-refractivity contribution in [3.05, 3.63) is 65.0 Å². The largest absolute Gasteiger partial charge is 0.304 e. The Morgan fingerprint density at radius 1 is 1.12 bits per heavy atom. The molecule has 4 nitrogen and oxygen atoms in total. The third kappa shape index (κ3) is 2.54. The van der Waals surface area contributed by atoms with E-state index in [2.05, 4.69) is 4.85 Å². The number of nitrogens with zero attached hydrogens (tertiary/aromatic N) is 3. The molecule has 0 atom stereocenters. The van der Waals surface area contributed by atoms with E-state index in [1.54, 1.807) is 18.7 Å². The van der Waals surface area contributed by atoms with Gasteiger partial charge in [-0.05, 0) is 68.9 Å². The van der Waals surface area contributed by atoms with Gasteiger partial charge in [0.05, 0.1) is 12.3 Å². The second-order valence-electron chi connectivity index (χ2n) is 6.45. The number of carbonyl (C=O) groups excluding carboxylic acids is 1. The van der Waals surface area contributed by atoms with Crippen LogP contribution in [-0.4, -0.2) is 16.6 Å². The Morgan fingerprint density at radius 2 is 1.73 bits per heavy atom. The van der Waals surface area contributed by atoms with Crippen LogP contribution in [0.5, 0.6) is 0 Å². The van der Waals surface area contributed by atoms with Crippen LogP contribution in [0.15, 0.2) is 36.4 Å². The Kier molecular flexibility index (Phi) is 4.24. The number of thiocarbonyl (C=S) groups is 1. The number of anilines is 2. The molecule has 26 heavy (non-hydrogen) atoms. The predicted octanol–water partition coefficient (Wildman–Crippen LogP) is 4.74. The number of amides is 1. The molecule has 1 amide bonds. The standard InChI is InChI=1S/C19H15F2N3OS/c1-11-14(22-4)9-10-15(16(11)21)23-17(25)19(2,3)24(18(23)26)13-7-5-12(20)6-8-13/h5-10H,1-3H3. The highest BCUT2D eigenvalue weighted by atomic mass is 32.1. The molecular formula is C19H15F2N3OS. The molecule has 0 bridgehead atoms. The molecule has 0 unspecified atom stereocenters. The smallest absolute Gasteiger partial charge is 0.259 e. The molecule has 1 aliphatic heterocycles. The van der Waals surface area contributed by atoms with Crippen LogP contribution >= 0.6 is 12.2 Å². The lowest BCUT2D eigenvalue weighted by atomic mass is 10.0. The highest BCUT2D eigenvalue weighted by Crippen LogP contribution is 2.39. The minimum Gasteiger partial charge on any atom is -0.304 e. The number of halogens is 2. The second-order valence-corrected chi connectivity index (χ2v) is 6.81. The third-order valence-corrected chi connectivity index (χ3v) is 4.82. The Morgan fingerprint density at radius 3 is 2.31 bits per heavy atom. The van der Waals surface area contributed by atoms with Crippen LogP contribution < -0.4 is 9.80 Å². The first kappa shape index (κ1) is 18.0. The van der Waals surface area contributed by atoms with Crippen LogP contribution in [0.1, 0.15) is 19.4 Å². The van der Waals surface area contributed by atoms with E-state index in [4.69, 9.17) is 18.8 Å². The van der Waals surface area contributed by atoms with Crippen molar-refractivity contribution in [2.24, 2.45) is 0 Å². The average Bonchev–Trinajstić information content (AvgIpc) is 2.77. The lowest BCUT2D eigenvalue weighted by molar-refractivity contribution is -0.120. The van der Waals surface area contributed by atoms with Gasteiger partial charge in [-0.2, -0.15) is 0 Å². The van der Waals surface area contributed by atoms with Gasteiger partial charge in [0.15, 0.2) is 10.8 Å². The fraction of sp³-hybridized carbons (Fsp3) is 0.211. The topological polar surface area (TPSA) is 27.9 Å². The monoisotopic (exact) mass is 371 g/mol. The summed E-state index contributed by atoms with van der Waals surface area (Å²) in [5, 5.41) is 0.0977. The van der Waals surface area contributed by atoms with E-state index in [0.717, 1.165) is 4.90 Å². The number of hydrogen-bond acceptors (Lipinski definition) is 2. The molecule has 0 aliphatic carbocycles. The van der Waals surface area contributed by atoms with E-state index in [-0.39, 0.29) is 22.1 Å². The maximum absolute atomic E-state index is 14.8. The highest BCUT2D eigenvalue weighted by molar-refractivity contribution is 7.81. The van der Waals surface area contributed by atoms with Crippen molar-refractivity contribution in [1.29, 1.82) is 0 Å². The Bertz CT molecular complexity index is 964. The van der Waals surface area contributed by atoms with Crippen LogP contribution in [0.2, 0.25) is 0 Å². The van der Waals surface area contributed by atoms with Gasteiger partial charge >= 0.3 is 0 Å². The van der Waals surface area contributed by atoms with Crippen molar-refractivity contribution in [3.63, 3.8) is 0 Å². The van der Waals surface area contributed by atoms with Gasteiger partial charge in [0.1, 0.15) is 17.2 Å². The highest BCUT2D eigenvalue weighted by Gasteiger charge is 2.50. The molecule has 3 rings (SSSR count). The van der Waals surface area contributed by atoms with Crippen molar-refractivity contribution in [2.75, 3.05) is 9.80 Å². The number of hydrogen-bond donors (Lipinski definition) is 0. The van der Waals surface area contributed by atoms with Crippen LogP contribution in [0, 0.1) is 25.1 Å². The summed E-state index contributed by atoms with van der Waals surface area (Å²) in [4.78, 5) is 19.0. The number of rotatable bonds is 2. The minimum absolute atomic E-state index is 0.00240. The fourth-order valence-electron chi connectivity index (χ4n) is 2.99. The minimum atomic E-state index is -1.08. The molecular weight excluding hydrogens is 356 g/mol. The van der Waals surface area contributed by atoms with E-state index >= 15 is 0 Å². The van der Waals surface area contributed by atoms with Crippen LogP contribution in [0.25, 0.3) is 4.85 Å². The van der Waals surface area contributed by atoms with Crippen LogP contribution in [0.4, 0.5) is 25.8 Å². The van der Waals surface area contributed by atoms with Crippen LogP contribution in [-0.2, 0) is 4.79 Å². The number of benzene rings is 2. The van der Waals surface area contributed by atoms with Crippen molar-refractivity contribution < 1.29 is 13.6 Å². The molecule has 0 saturated carbocycles. The summed E-state index contributed by atoms with van der Waals surface area (Å²) < 4.78 is 28.1. The van der Waals surface area contributed by atoms with Gasteiger partial charge in [0, 0.05) is 5.69 Å². The maximum Gasteiger partial charge on any atom is 0.259 e. The molecule has 2 aromatic carbocycles. The molecule has 0 aromatic heterocycles. The molecule has 0 N–H and O–H groups in total. The second kappa shape index (κ2) is 6.15. The van der Waals surface area contributed by atoms with E-state index in [0.29, 0.717) is 5.69 Å². The van der Waals surface area contributed by atoms with E-state index in [9.17, 15) is 13.6 Å². The van der Waals surface area contributed by atoms with Gasteiger partial charge < -0.3 is 4.90 Å². The summed E-state index contributed by atoms with van der Waals surface area (Å²) in [5.74, 6) is -1.47. The quantitative estimate of drug-likeness (QED) is 0.564. The molecule has 1 heterocycles. The first-order chi connectivity index (χ1) is 12.2. The summed E-state index contributed by atoms with van der Waals surface area (Å²) in [5.41, 5.74) is -0.201. The molecule has 132 valence electrons. The summed E-state index contributed by atoms with van der Waals surface area (Å²) in [6, 6.07) is 8.43. The molecule has 2 aromatic rings. The van der Waals surface area contributed by atoms with Crippen LogP contribution in [0.3, 0.4) is 0 Å². The molecule has 7 heteroatoms. The molecule has 1 fully saturated rings. The van der Waals surface area contributed by atoms with Crippen molar-refractivity contribution in [3.8, 4) is 0 Å². The zero-order chi connectivity index (χ0) is 19.2. The molecule has 1 aliphatic rings. The van der Waals surface area contributed by atoms with E-state index in [1.165, 1.54) is 43.3 Å². The predicted molar refractivity (Wildman–Crippen MR) is 100 cm³/mol. The summed E-state index contributed by atoms with van der Waals surface area (Å²) in [7, 11) is 0. The number of carbonyl (C=O) groups is 1. The van der Waals surface area contributed by atoms with Gasteiger partial charge in [0.25, 0.3) is 5.91 Å². The lowest BCUT2D eigenvalue weighted by Crippen LogP contribution is -2.44.